The summed E-state index contributed by atoms with van der Waals surface area (Å²) >= 11 is 0. The van der Waals surface area contributed by atoms with Gasteiger partial charge in [0.2, 0.25) is 5.91 Å². The van der Waals surface area contributed by atoms with Crippen molar-refractivity contribution < 1.29 is 9.18 Å². The summed E-state index contributed by atoms with van der Waals surface area (Å²) in [5.74, 6) is -0.302. The van der Waals surface area contributed by atoms with Crippen molar-refractivity contribution in [3.8, 4) is 0 Å². The van der Waals surface area contributed by atoms with Gasteiger partial charge in [0.25, 0.3) is 5.56 Å². The van der Waals surface area contributed by atoms with E-state index in [4.69, 9.17) is 0 Å². The van der Waals surface area contributed by atoms with Crippen LogP contribution in [0.3, 0.4) is 0 Å². The fraction of sp³-hybridized carbons (Fsp3) is 0.370. The Hall–Kier alpha value is -3.72. The molecule has 9 heteroatoms. The second-order valence-electron chi connectivity index (χ2n) is 9.22. The SMILES string of the molecule is CC[C@@H](C(=O)NCCN1CCN(c2ccccc2F)CC1)n1c2ccccc2c2cnn(C)c(=O)c21. The zero-order chi connectivity index (χ0) is 25.2. The fourth-order valence-electron chi connectivity index (χ4n) is 5.17. The van der Waals surface area contributed by atoms with Crippen molar-refractivity contribution >= 4 is 33.4 Å². The summed E-state index contributed by atoms with van der Waals surface area (Å²) in [4.78, 5) is 30.7. The highest BCUT2D eigenvalue weighted by molar-refractivity contribution is 6.08. The number of aromatic nitrogens is 3. The van der Waals surface area contributed by atoms with E-state index in [2.05, 4.69) is 20.2 Å². The molecule has 0 unspecified atom stereocenters. The molecule has 0 saturated carbocycles. The molecule has 5 rings (SSSR count). The Balaban J connectivity index is 1.27. The largest absolute Gasteiger partial charge is 0.367 e. The van der Waals surface area contributed by atoms with Gasteiger partial charge in [-0.25, -0.2) is 9.07 Å². The van der Waals surface area contributed by atoms with Crippen LogP contribution in [0, 0.1) is 5.82 Å². The molecule has 1 N–H and O–H groups in total. The minimum Gasteiger partial charge on any atom is -0.367 e. The summed E-state index contributed by atoms with van der Waals surface area (Å²) in [7, 11) is 1.62. The normalized spacial score (nSPS) is 15.5. The first-order valence-corrected chi connectivity index (χ1v) is 12.4. The maximum absolute atomic E-state index is 14.1. The third kappa shape index (κ3) is 4.35. The van der Waals surface area contributed by atoms with Gasteiger partial charge in [-0.2, -0.15) is 5.10 Å². The first-order chi connectivity index (χ1) is 17.5. The van der Waals surface area contributed by atoms with Gasteiger partial charge in [0, 0.05) is 57.1 Å². The third-order valence-corrected chi connectivity index (χ3v) is 7.10. The fourth-order valence-corrected chi connectivity index (χ4v) is 5.17. The number of nitrogens with zero attached hydrogens (tertiary/aromatic N) is 5. The lowest BCUT2D eigenvalue weighted by atomic mass is 10.2. The molecular weight excluding hydrogens is 459 g/mol. The Bertz CT molecular complexity index is 1450. The molecule has 0 bridgehead atoms. The molecule has 1 aliphatic rings. The minimum atomic E-state index is -0.514. The number of aryl methyl sites for hydroxylation is 1. The summed E-state index contributed by atoms with van der Waals surface area (Å²) in [6.07, 6.45) is 2.24. The lowest BCUT2D eigenvalue weighted by Crippen LogP contribution is -2.49. The number of halogens is 1. The summed E-state index contributed by atoms with van der Waals surface area (Å²) in [5, 5.41) is 8.95. The van der Waals surface area contributed by atoms with E-state index in [1.54, 1.807) is 19.3 Å². The molecule has 0 aliphatic carbocycles. The molecule has 188 valence electrons. The van der Waals surface area contributed by atoms with Gasteiger partial charge in [0.05, 0.1) is 17.4 Å². The number of nitrogens with one attached hydrogen (secondary N) is 1. The summed E-state index contributed by atoms with van der Waals surface area (Å²) in [6, 6.07) is 14.1. The number of amides is 1. The van der Waals surface area contributed by atoms with Crippen LogP contribution in [0.1, 0.15) is 19.4 Å². The van der Waals surface area contributed by atoms with E-state index in [0.29, 0.717) is 30.7 Å². The summed E-state index contributed by atoms with van der Waals surface area (Å²) in [6.45, 7) is 6.27. The van der Waals surface area contributed by atoms with Gasteiger partial charge in [-0.1, -0.05) is 37.3 Å². The van der Waals surface area contributed by atoms with Crippen LogP contribution >= 0.6 is 0 Å². The van der Waals surface area contributed by atoms with Gasteiger partial charge in [0.15, 0.2) is 0 Å². The van der Waals surface area contributed by atoms with Gasteiger partial charge < -0.3 is 14.8 Å². The molecule has 36 heavy (non-hydrogen) atoms. The minimum absolute atomic E-state index is 0.107. The molecule has 1 atom stereocenters. The molecule has 0 spiro atoms. The van der Waals surface area contributed by atoms with E-state index in [-0.39, 0.29) is 17.3 Å². The number of piperazine rings is 1. The lowest BCUT2D eigenvalue weighted by molar-refractivity contribution is -0.124. The van der Waals surface area contributed by atoms with Gasteiger partial charge in [-0.3, -0.25) is 14.5 Å². The zero-order valence-electron chi connectivity index (χ0n) is 20.7. The molecule has 2 aromatic heterocycles. The van der Waals surface area contributed by atoms with E-state index in [1.807, 2.05) is 47.9 Å². The number of rotatable bonds is 7. The third-order valence-electron chi connectivity index (χ3n) is 7.10. The maximum Gasteiger partial charge on any atom is 0.291 e. The van der Waals surface area contributed by atoms with Crippen LogP contribution < -0.4 is 15.8 Å². The number of benzene rings is 2. The van der Waals surface area contributed by atoms with Crippen molar-refractivity contribution in [3.63, 3.8) is 0 Å². The van der Waals surface area contributed by atoms with E-state index >= 15 is 0 Å². The molecular formula is C27H31FN6O2. The number of fused-ring (bicyclic) bond motifs is 3. The second-order valence-corrected chi connectivity index (χ2v) is 9.22. The number of carbonyl (C=O) groups is 1. The molecule has 1 fully saturated rings. The Morgan fingerprint density at radius 3 is 2.53 bits per heavy atom. The zero-order valence-corrected chi connectivity index (χ0v) is 20.7. The van der Waals surface area contributed by atoms with Gasteiger partial charge in [-0.05, 0) is 24.6 Å². The van der Waals surface area contributed by atoms with Crippen molar-refractivity contribution in [1.29, 1.82) is 0 Å². The van der Waals surface area contributed by atoms with Gasteiger partial charge in [-0.15, -0.1) is 0 Å². The number of anilines is 1. The van der Waals surface area contributed by atoms with Crippen molar-refractivity contribution in [1.82, 2.24) is 24.6 Å². The number of carbonyl (C=O) groups excluding carboxylic acids is 1. The van der Waals surface area contributed by atoms with Crippen molar-refractivity contribution in [2.75, 3.05) is 44.2 Å². The number of hydrogen-bond acceptors (Lipinski definition) is 5. The first-order valence-electron chi connectivity index (χ1n) is 12.4. The number of para-hydroxylation sites is 2. The highest BCUT2D eigenvalue weighted by Gasteiger charge is 2.26. The van der Waals surface area contributed by atoms with E-state index in [9.17, 15) is 14.0 Å². The van der Waals surface area contributed by atoms with E-state index in [1.165, 1.54) is 10.7 Å². The topological polar surface area (TPSA) is 75.4 Å². The van der Waals surface area contributed by atoms with Crippen LogP contribution in [0.25, 0.3) is 21.8 Å². The van der Waals surface area contributed by atoms with Crippen LogP contribution in [0.2, 0.25) is 0 Å². The van der Waals surface area contributed by atoms with Crippen molar-refractivity contribution in [2.45, 2.75) is 19.4 Å². The molecule has 1 saturated heterocycles. The molecule has 0 radical (unpaired) electrons. The van der Waals surface area contributed by atoms with Gasteiger partial charge in [0.1, 0.15) is 17.4 Å². The smallest absolute Gasteiger partial charge is 0.291 e. The van der Waals surface area contributed by atoms with Crippen LogP contribution in [-0.2, 0) is 11.8 Å². The van der Waals surface area contributed by atoms with Crippen LogP contribution in [0.5, 0.6) is 0 Å². The van der Waals surface area contributed by atoms with Crippen molar-refractivity contribution in [2.24, 2.45) is 7.05 Å². The molecule has 2 aromatic carbocycles. The molecule has 3 heterocycles. The monoisotopic (exact) mass is 490 g/mol. The quantitative estimate of drug-likeness (QED) is 0.431. The Morgan fingerprint density at radius 2 is 1.78 bits per heavy atom. The molecule has 1 amide bonds. The highest BCUT2D eigenvalue weighted by Crippen LogP contribution is 2.30. The molecule has 8 nitrogen and oxygen atoms in total. The highest BCUT2D eigenvalue weighted by atomic mass is 19.1. The predicted molar refractivity (Wildman–Crippen MR) is 140 cm³/mol. The Morgan fingerprint density at radius 1 is 1.06 bits per heavy atom. The van der Waals surface area contributed by atoms with Gasteiger partial charge >= 0.3 is 0 Å². The maximum atomic E-state index is 14.1. The summed E-state index contributed by atoms with van der Waals surface area (Å²) in [5.41, 5.74) is 1.77. The number of hydrogen-bond donors (Lipinski definition) is 1. The van der Waals surface area contributed by atoms with E-state index < -0.39 is 6.04 Å². The predicted octanol–water partition coefficient (Wildman–Crippen LogP) is 2.92. The summed E-state index contributed by atoms with van der Waals surface area (Å²) < 4.78 is 17.3. The van der Waals surface area contributed by atoms with Crippen molar-refractivity contribution in [3.05, 3.63) is 70.9 Å². The van der Waals surface area contributed by atoms with Crippen LogP contribution in [-0.4, -0.2) is 64.4 Å². The Labute approximate surface area is 208 Å². The Kier molecular flexibility index (Phi) is 6.73. The average molecular weight is 491 g/mol. The molecule has 4 aromatic rings. The lowest BCUT2D eigenvalue weighted by Gasteiger charge is -2.36. The van der Waals surface area contributed by atoms with Crippen LogP contribution in [0.4, 0.5) is 10.1 Å². The first kappa shape index (κ1) is 24.0. The molecule has 1 aliphatic heterocycles. The standard InChI is InChI=1S/C27H31FN6O2/c1-3-22(34-23-10-6-4-8-19(23)20-18-30-31(2)27(36)25(20)34)26(35)29-12-13-32-14-16-33(17-15-32)24-11-7-5-9-21(24)28/h4-11,18,22H,3,12-17H2,1-2H3,(H,29,35)/t22-/m0/s1. The van der Waals surface area contributed by atoms with E-state index in [0.717, 1.165) is 42.5 Å². The van der Waals surface area contributed by atoms with Crippen LogP contribution in [0.15, 0.2) is 59.5 Å². The average Bonchev–Trinajstić information content (AvgIpc) is 3.22. The second kappa shape index (κ2) is 10.1.